The molecule has 30 heavy (non-hydrogen) atoms. The molecule has 1 aromatic carbocycles. The number of hydrogen-bond donors (Lipinski definition) is 2. The molecule has 3 heterocycles. The highest BCUT2D eigenvalue weighted by Gasteiger charge is 2.25. The molecule has 2 aliphatic rings. The van der Waals surface area contributed by atoms with Crippen molar-refractivity contribution in [2.75, 3.05) is 36.5 Å². The molecule has 0 unspecified atom stereocenters. The Balaban J connectivity index is 1.18. The van der Waals surface area contributed by atoms with E-state index >= 15 is 0 Å². The van der Waals surface area contributed by atoms with Crippen molar-refractivity contribution in [2.45, 2.75) is 25.7 Å². The van der Waals surface area contributed by atoms with Crippen LogP contribution in [0.15, 0.2) is 36.5 Å². The van der Waals surface area contributed by atoms with Crippen LogP contribution in [0, 0.1) is 5.92 Å². The molecule has 0 atom stereocenters. The molecule has 0 spiro atoms. The van der Waals surface area contributed by atoms with E-state index in [1.54, 1.807) is 6.20 Å². The lowest BCUT2D eigenvalue weighted by molar-refractivity contribution is -0.125. The minimum atomic E-state index is 0.0147. The number of ether oxygens (including phenoxy) is 1. The second-order valence-corrected chi connectivity index (χ2v) is 8.04. The lowest BCUT2D eigenvalue weighted by Crippen LogP contribution is -2.41. The minimum Gasteiger partial charge on any atom is -0.492 e. The fourth-order valence-corrected chi connectivity index (χ4v) is 3.97. The molecule has 0 bridgehead atoms. The van der Waals surface area contributed by atoms with Crippen LogP contribution in [0.25, 0.3) is 0 Å². The van der Waals surface area contributed by atoms with Crippen LogP contribution in [0.4, 0.5) is 11.5 Å². The average molecular weight is 429 g/mol. The molecule has 2 aromatic rings. The Morgan fingerprint density at radius 1 is 1.23 bits per heavy atom. The summed E-state index contributed by atoms with van der Waals surface area (Å²) in [5.41, 5.74) is 1.94. The molecule has 8 heteroatoms. The third-order valence-electron chi connectivity index (χ3n) is 5.54. The van der Waals surface area contributed by atoms with Crippen molar-refractivity contribution in [1.29, 1.82) is 0 Å². The third-order valence-corrected chi connectivity index (χ3v) is 5.77. The van der Waals surface area contributed by atoms with Gasteiger partial charge in [0, 0.05) is 37.3 Å². The number of pyridine rings is 1. The van der Waals surface area contributed by atoms with Crippen LogP contribution in [-0.4, -0.2) is 43.0 Å². The summed E-state index contributed by atoms with van der Waals surface area (Å²) in [6.07, 6.45) is 4.47. The number of rotatable bonds is 6. The number of halogens is 1. The van der Waals surface area contributed by atoms with Crippen LogP contribution in [0.2, 0.25) is 5.02 Å². The first-order valence-electron chi connectivity index (χ1n) is 10.3. The summed E-state index contributed by atoms with van der Waals surface area (Å²) in [6, 6.07) is 9.41. The summed E-state index contributed by atoms with van der Waals surface area (Å²) in [4.78, 5) is 30.4. The van der Waals surface area contributed by atoms with Crippen LogP contribution < -0.4 is 20.3 Å². The SMILES string of the molecule is O=C1CCc2cc(OCCNC(=O)C3CCN(c4ccc(Cl)cn4)CC3)ccc2N1. The highest BCUT2D eigenvalue weighted by atomic mass is 35.5. The van der Waals surface area contributed by atoms with Crippen molar-refractivity contribution in [3.63, 3.8) is 0 Å². The van der Waals surface area contributed by atoms with Crippen molar-refractivity contribution in [3.05, 3.63) is 47.1 Å². The monoisotopic (exact) mass is 428 g/mol. The fourth-order valence-electron chi connectivity index (χ4n) is 3.86. The molecule has 2 amide bonds. The third kappa shape index (κ3) is 5.02. The van der Waals surface area contributed by atoms with E-state index in [-0.39, 0.29) is 17.7 Å². The van der Waals surface area contributed by atoms with Gasteiger partial charge in [0.05, 0.1) is 11.6 Å². The Hall–Kier alpha value is -2.80. The zero-order chi connectivity index (χ0) is 20.9. The Bertz CT molecular complexity index is 911. The molecule has 4 rings (SSSR count). The zero-order valence-electron chi connectivity index (χ0n) is 16.7. The molecule has 0 aliphatic carbocycles. The van der Waals surface area contributed by atoms with E-state index in [1.165, 1.54) is 0 Å². The van der Waals surface area contributed by atoms with Crippen molar-refractivity contribution in [2.24, 2.45) is 5.92 Å². The highest BCUT2D eigenvalue weighted by molar-refractivity contribution is 6.30. The van der Waals surface area contributed by atoms with Crippen molar-refractivity contribution >= 4 is 34.9 Å². The Kier molecular flexibility index (Phi) is 6.38. The van der Waals surface area contributed by atoms with Crippen molar-refractivity contribution < 1.29 is 14.3 Å². The highest BCUT2D eigenvalue weighted by Crippen LogP contribution is 2.27. The fraction of sp³-hybridized carbons (Fsp3) is 0.409. The van der Waals surface area contributed by atoms with E-state index in [0.29, 0.717) is 24.6 Å². The summed E-state index contributed by atoms with van der Waals surface area (Å²) < 4.78 is 5.77. The maximum Gasteiger partial charge on any atom is 0.224 e. The summed E-state index contributed by atoms with van der Waals surface area (Å²) in [5.74, 6) is 1.80. The molecule has 1 saturated heterocycles. The van der Waals surface area contributed by atoms with Gasteiger partial charge in [-0.3, -0.25) is 9.59 Å². The summed E-state index contributed by atoms with van der Waals surface area (Å²) in [6.45, 7) is 2.47. The summed E-state index contributed by atoms with van der Waals surface area (Å²) in [5, 5.41) is 6.46. The van der Waals surface area contributed by atoms with E-state index in [4.69, 9.17) is 16.3 Å². The Labute approximate surface area is 180 Å². The first kappa shape index (κ1) is 20.5. The number of hydrogen-bond acceptors (Lipinski definition) is 5. The number of carbonyl (C=O) groups is 2. The topological polar surface area (TPSA) is 83.6 Å². The van der Waals surface area contributed by atoms with E-state index in [9.17, 15) is 9.59 Å². The number of anilines is 2. The number of aryl methyl sites for hydroxylation is 1. The molecule has 7 nitrogen and oxygen atoms in total. The van der Waals surface area contributed by atoms with Gasteiger partial charge in [-0.05, 0) is 55.2 Å². The van der Waals surface area contributed by atoms with E-state index < -0.39 is 0 Å². The van der Waals surface area contributed by atoms with Gasteiger partial charge in [0.25, 0.3) is 0 Å². The van der Waals surface area contributed by atoms with Gasteiger partial charge in [0.1, 0.15) is 18.2 Å². The normalized spacial score (nSPS) is 16.6. The second-order valence-electron chi connectivity index (χ2n) is 7.60. The number of nitrogens with zero attached hydrogens (tertiary/aromatic N) is 2. The molecule has 0 radical (unpaired) electrons. The standard InChI is InChI=1S/C22H25ClN4O3/c23-17-2-5-20(25-14-17)27-10-7-15(8-11-27)22(29)24-9-12-30-18-3-4-19-16(13-18)1-6-21(28)26-19/h2-5,13-15H,1,6-12H2,(H,24,29)(H,26,28). The molecule has 2 N–H and O–H groups in total. The lowest BCUT2D eigenvalue weighted by Gasteiger charge is -2.32. The molecule has 158 valence electrons. The van der Waals surface area contributed by atoms with Gasteiger partial charge in [-0.1, -0.05) is 11.6 Å². The van der Waals surface area contributed by atoms with E-state index in [0.717, 1.165) is 55.2 Å². The molecular formula is C22H25ClN4O3. The van der Waals surface area contributed by atoms with Gasteiger partial charge in [0.15, 0.2) is 0 Å². The van der Waals surface area contributed by atoms with E-state index in [2.05, 4.69) is 20.5 Å². The van der Waals surface area contributed by atoms with Crippen LogP contribution in [-0.2, 0) is 16.0 Å². The van der Waals surface area contributed by atoms with Gasteiger partial charge in [-0.15, -0.1) is 0 Å². The van der Waals surface area contributed by atoms with Crippen molar-refractivity contribution in [1.82, 2.24) is 10.3 Å². The number of fused-ring (bicyclic) bond motifs is 1. The molecule has 1 aromatic heterocycles. The first-order chi connectivity index (χ1) is 14.6. The number of nitrogens with one attached hydrogen (secondary N) is 2. The van der Waals surface area contributed by atoms with Gasteiger partial charge < -0.3 is 20.3 Å². The number of piperidine rings is 1. The van der Waals surface area contributed by atoms with Gasteiger partial charge in [-0.25, -0.2) is 4.98 Å². The maximum atomic E-state index is 12.5. The molecule has 0 saturated carbocycles. The second kappa shape index (κ2) is 9.34. The molecular weight excluding hydrogens is 404 g/mol. The van der Waals surface area contributed by atoms with E-state index in [1.807, 2.05) is 30.3 Å². The zero-order valence-corrected chi connectivity index (χ0v) is 17.5. The maximum absolute atomic E-state index is 12.5. The average Bonchev–Trinajstić information content (AvgIpc) is 2.77. The predicted octanol–water partition coefficient (Wildman–Crippen LogP) is 3.03. The van der Waals surface area contributed by atoms with Crippen LogP contribution in [0.3, 0.4) is 0 Å². The van der Waals surface area contributed by atoms with Gasteiger partial charge >= 0.3 is 0 Å². The number of aromatic nitrogens is 1. The number of benzene rings is 1. The summed E-state index contributed by atoms with van der Waals surface area (Å²) >= 11 is 5.89. The van der Waals surface area contributed by atoms with Gasteiger partial charge in [-0.2, -0.15) is 0 Å². The smallest absolute Gasteiger partial charge is 0.224 e. The summed E-state index contributed by atoms with van der Waals surface area (Å²) in [7, 11) is 0. The first-order valence-corrected chi connectivity index (χ1v) is 10.7. The predicted molar refractivity (Wildman–Crippen MR) is 116 cm³/mol. The van der Waals surface area contributed by atoms with Gasteiger partial charge in [0.2, 0.25) is 11.8 Å². The van der Waals surface area contributed by atoms with Crippen LogP contribution >= 0.6 is 11.6 Å². The number of amides is 2. The molecule has 1 fully saturated rings. The minimum absolute atomic E-state index is 0.0147. The number of carbonyl (C=O) groups excluding carboxylic acids is 2. The largest absolute Gasteiger partial charge is 0.492 e. The van der Waals surface area contributed by atoms with Crippen LogP contribution in [0.1, 0.15) is 24.8 Å². The Morgan fingerprint density at radius 2 is 2.07 bits per heavy atom. The Morgan fingerprint density at radius 3 is 2.83 bits per heavy atom. The molecule has 2 aliphatic heterocycles. The van der Waals surface area contributed by atoms with Crippen molar-refractivity contribution in [3.8, 4) is 5.75 Å². The quantitative estimate of drug-likeness (QED) is 0.691. The van der Waals surface area contributed by atoms with Crippen LogP contribution in [0.5, 0.6) is 5.75 Å². The lowest BCUT2D eigenvalue weighted by atomic mass is 9.96.